The number of hydrogen-bond donors (Lipinski definition) is 2. The zero-order chi connectivity index (χ0) is 15.7. The van der Waals surface area contributed by atoms with Crippen LogP contribution in [0.4, 0.5) is 0 Å². The Hall–Kier alpha value is -2.08. The largest absolute Gasteiger partial charge is 0.482 e. The first-order valence-corrected chi connectivity index (χ1v) is 6.84. The van der Waals surface area contributed by atoms with Crippen LogP contribution in [-0.2, 0) is 14.3 Å². The third-order valence-electron chi connectivity index (χ3n) is 2.70. The SMILES string of the molecule is CCCOCC(=O)NC(C)c1ccc(OCC(=O)O)cc1. The molecule has 0 saturated carbocycles. The van der Waals surface area contributed by atoms with Crippen LogP contribution < -0.4 is 10.1 Å². The monoisotopic (exact) mass is 295 g/mol. The fourth-order valence-electron chi connectivity index (χ4n) is 1.67. The summed E-state index contributed by atoms with van der Waals surface area (Å²) < 4.78 is 10.2. The molecule has 0 fully saturated rings. The molecule has 21 heavy (non-hydrogen) atoms. The van der Waals surface area contributed by atoms with Crippen molar-refractivity contribution in [3.63, 3.8) is 0 Å². The number of benzene rings is 1. The minimum Gasteiger partial charge on any atom is -0.482 e. The highest BCUT2D eigenvalue weighted by Crippen LogP contribution is 2.17. The third kappa shape index (κ3) is 6.76. The van der Waals surface area contributed by atoms with Gasteiger partial charge in [0.15, 0.2) is 6.61 Å². The van der Waals surface area contributed by atoms with Gasteiger partial charge in [-0.1, -0.05) is 19.1 Å². The van der Waals surface area contributed by atoms with Gasteiger partial charge in [0.05, 0.1) is 6.04 Å². The van der Waals surface area contributed by atoms with Crippen molar-refractivity contribution in [1.82, 2.24) is 5.32 Å². The molecule has 1 unspecified atom stereocenters. The lowest BCUT2D eigenvalue weighted by atomic mass is 10.1. The van der Waals surface area contributed by atoms with E-state index in [1.807, 2.05) is 13.8 Å². The van der Waals surface area contributed by atoms with Crippen molar-refractivity contribution in [2.24, 2.45) is 0 Å². The molecule has 0 heterocycles. The summed E-state index contributed by atoms with van der Waals surface area (Å²) in [5, 5.41) is 11.3. The van der Waals surface area contributed by atoms with Gasteiger partial charge in [-0.3, -0.25) is 4.79 Å². The summed E-state index contributed by atoms with van der Waals surface area (Å²) in [6.45, 7) is 4.09. The molecule has 0 aromatic heterocycles. The molecule has 0 aliphatic heterocycles. The number of nitrogens with one attached hydrogen (secondary N) is 1. The molecular formula is C15H21NO5. The first kappa shape index (κ1) is 17.0. The lowest BCUT2D eigenvalue weighted by Gasteiger charge is -2.15. The van der Waals surface area contributed by atoms with E-state index in [2.05, 4.69) is 5.32 Å². The smallest absolute Gasteiger partial charge is 0.341 e. The van der Waals surface area contributed by atoms with E-state index >= 15 is 0 Å². The summed E-state index contributed by atoms with van der Waals surface area (Å²) in [5.41, 5.74) is 0.904. The van der Waals surface area contributed by atoms with Gasteiger partial charge >= 0.3 is 5.97 Å². The summed E-state index contributed by atoms with van der Waals surface area (Å²) >= 11 is 0. The van der Waals surface area contributed by atoms with Crippen molar-refractivity contribution < 1.29 is 24.2 Å². The van der Waals surface area contributed by atoms with Crippen molar-refractivity contribution >= 4 is 11.9 Å². The Morgan fingerprint density at radius 1 is 1.24 bits per heavy atom. The second kappa shape index (κ2) is 8.97. The van der Waals surface area contributed by atoms with E-state index in [1.54, 1.807) is 24.3 Å². The average molecular weight is 295 g/mol. The molecular weight excluding hydrogens is 274 g/mol. The Balaban J connectivity index is 2.45. The van der Waals surface area contributed by atoms with Gasteiger partial charge in [0.25, 0.3) is 0 Å². The molecule has 0 bridgehead atoms. The molecule has 0 aliphatic rings. The molecule has 2 N–H and O–H groups in total. The molecule has 116 valence electrons. The summed E-state index contributed by atoms with van der Waals surface area (Å²) in [6.07, 6.45) is 0.876. The molecule has 0 radical (unpaired) electrons. The van der Waals surface area contributed by atoms with E-state index < -0.39 is 5.97 Å². The van der Waals surface area contributed by atoms with Gasteiger partial charge in [-0.2, -0.15) is 0 Å². The molecule has 6 nitrogen and oxygen atoms in total. The highest BCUT2D eigenvalue weighted by atomic mass is 16.5. The molecule has 1 aromatic rings. The maximum atomic E-state index is 11.6. The fraction of sp³-hybridized carbons (Fsp3) is 0.467. The number of carboxylic acids is 1. The Morgan fingerprint density at radius 2 is 1.90 bits per heavy atom. The van der Waals surface area contributed by atoms with E-state index in [-0.39, 0.29) is 25.2 Å². The highest BCUT2D eigenvalue weighted by molar-refractivity contribution is 5.77. The van der Waals surface area contributed by atoms with E-state index in [9.17, 15) is 9.59 Å². The van der Waals surface area contributed by atoms with Crippen molar-refractivity contribution in [2.75, 3.05) is 19.8 Å². The number of aliphatic carboxylic acids is 1. The molecule has 6 heteroatoms. The number of ether oxygens (including phenoxy) is 2. The van der Waals surface area contributed by atoms with Crippen LogP contribution in [0.5, 0.6) is 5.75 Å². The van der Waals surface area contributed by atoms with E-state index in [1.165, 1.54) is 0 Å². The van der Waals surface area contributed by atoms with Crippen molar-refractivity contribution in [3.05, 3.63) is 29.8 Å². The van der Waals surface area contributed by atoms with Crippen LogP contribution >= 0.6 is 0 Å². The topological polar surface area (TPSA) is 84.9 Å². The van der Waals surface area contributed by atoms with E-state index in [0.717, 1.165) is 12.0 Å². The second-order valence-electron chi connectivity index (χ2n) is 4.59. The van der Waals surface area contributed by atoms with Crippen molar-refractivity contribution in [3.8, 4) is 5.75 Å². The number of amides is 1. The lowest BCUT2D eigenvalue weighted by Crippen LogP contribution is -2.30. The minimum absolute atomic E-state index is 0.0536. The third-order valence-corrected chi connectivity index (χ3v) is 2.70. The maximum Gasteiger partial charge on any atom is 0.341 e. The predicted octanol–water partition coefficient (Wildman–Crippen LogP) is 1.75. The molecule has 1 atom stereocenters. The van der Waals surface area contributed by atoms with E-state index in [4.69, 9.17) is 14.6 Å². The van der Waals surface area contributed by atoms with Crippen molar-refractivity contribution in [1.29, 1.82) is 0 Å². The zero-order valence-corrected chi connectivity index (χ0v) is 12.3. The van der Waals surface area contributed by atoms with Gasteiger partial charge in [-0.25, -0.2) is 4.79 Å². The Morgan fingerprint density at radius 3 is 2.48 bits per heavy atom. The molecule has 0 aliphatic carbocycles. The number of carbonyl (C=O) groups excluding carboxylic acids is 1. The van der Waals surface area contributed by atoms with Crippen molar-refractivity contribution in [2.45, 2.75) is 26.3 Å². The number of carbonyl (C=O) groups is 2. The van der Waals surface area contributed by atoms with Gasteiger partial charge in [-0.15, -0.1) is 0 Å². The van der Waals surface area contributed by atoms with Gasteiger partial charge in [-0.05, 0) is 31.0 Å². The molecule has 1 rings (SSSR count). The second-order valence-corrected chi connectivity index (χ2v) is 4.59. The normalized spacial score (nSPS) is 11.7. The molecule has 0 saturated heterocycles. The zero-order valence-electron chi connectivity index (χ0n) is 12.3. The Kier molecular flexibility index (Phi) is 7.25. The first-order chi connectivity index (χ1) is 10.0. The van der Waals surface area contributed by atoms with Crippen LogP contribution in [0.2, 0.25) is 0 Å². The van der Waals surface area contributed by atoms with Crippen LogP contribution in [0.15, 0.2) is 24.3 Å². The number of rotatable bonds is 9. The lowest BCUT2D eigenvalue weighted by molar-refractivity contribution is -0.139. The van der Waals surface area contributed by atoms with Gasteiger partial charge < -0.3 is 19.9 Å². The summed E-state index contributed by atoms with van der Waals surface area (Å²) in [4.78, 5) is 22.0. The summed E-state index contributed by atoms with van der Waals surface area (Å²) in [6, 6.07) is 6.77. The van der Waals surface area contributed by atoms with Gasteiger partial charge in [0.2, 0.25) is 5.91 Å². The number of hydrogen-bond acceptors (Lipinski definition) is 4. The Labute approximate surface area is 124 Å². The van der Waals surface area contributed by atoms with Crippen LogP contribution in [0, 0.1) is 0 Å². The average Bonchev–Trinajstić information content (AvgIpc) is 2.45. The molecule has 1 amide bonds. The molecule has 1 aromatic carbocycles. The molecule has 0 spiro atoms. The summed E-state index contributed by atoms with van der Waals surface area (Å²) in [5.74, 6) is -0.708. The Bertz CT molecular complexity index is 458. The van der Waals surface area contributed by atoms with Gasteiger partial charge in [0.1, 0.15) is 12.4 Å². The predicted molar refractivity (Wildman–Crippen MR) is 77.2 cm³/mol. The van der Waals surface area contributed by atoms with Gasteiger partial charge in [0, 0.05) is 6.61 Å². The quantitative estimate of drug-likeness (QED) is 0.678. The number of carboxylic acid groups (broad SMARTS) is 1. The van der Waals surface area contributed by atoms with Crippen LogP contribution in [-0.4, -0.2) is 36.8 Å². The summed E-state index contributed by atoms with van der Waals surface area (Å²) in [7, 11) is 0. The van der Waals surface area contributed by atoms with Crippen LogP contribution in [0.3, 0.4) is 0 Å². The van der Waals surface area contributed by atoms with E-state index in [0.29, 0.717) is 12.4 Å². The van der Waals surface area contributed by atoms with Crippen LogP contribution in [0.25, 0.3) is 0 Å². The minimum atomic E-state index is -1.02. The maximum absolute atomic E-state index is 11.6. The van der Waals surface area contributed by atoms with Crippen LogP contribution in [0.1, 0.15) is 31.9 Å². The first-order valence-electron chi connectivity index (χ1n) is 6.84. The standard InChI is InChI=1S/C15H21NO5/c1-3-8-20-9-14(17)16-11(2)12-4-6-13(7-5-12)21-10-15(18)19/h4-7,11H,3,8-10H2,1-2H3,(H,16,17)(H,18,19). The highest BCUT2D eigenvalue weighted by Gasteiger charge is 2.10. The fourth-order valence-corrected chi connectivity index (χ4v) is 1.67.